The Morgan fingerprint density at radius 3 is 2.52 bits per heavy atom. The average Bonchev–Trinajstić information content (AvgIpc) is 2.38. The topological polar surface area (TPSA) is 79.3 Å². The number of nitrogens with zero attached hydrogens (tertiary/aromatic N) is 2. The van der Waals surface area contributed by atoms with E-state index in [1.54, 1.807) is 11.8 Å². The third kappa shape index (κ3) is 3.77. The Hall–Kier alpha value is -1.76. The molecule has 0 aromatic carbocycles. The fraction of sp³-hybridized carbons (Fsp3) is 0.750. The first-order chi connectivity index (χ1) is 10.6. The highest BCUT2D eigenvalue weighted by Gasteiger charge is 2.44. The van der Waals surface area contributed by atoms with E-state index in [9.17, 15) is 14.7 Å². The quantitative estimate of drug-likeness (QED) is 0.778. The summed E-state index contributed by atoms with van der Waals surface area (Å²) in [5.41, 5.74) is -0.323. The molecule has 23 heavy (non-hydrogen) atoms. The molecule has 2 aliphatic heterocycles. The number of piperazine rings is 1. The second-order valence-corrected chi connectivity index (χ2v) is 7.01. The zero-order valence-electron chi connectivity index (χ0n) is 14.5. The molecule has 0 radical (unpaired) electrons. The van der Waals surface area contributed by atoms with Crippen LogP contribution in [0.4, 0.5) is 4.79 Å². The van der Waals surface area contributed by atoms with Gasteiger partial charge in [0, 0.05) is 25.6 Å². The fourth-order valence-corrected chi connectivity index (χ4v) is 3.02. The van der Waals surface area contributed by atoms with Gasteiger partial charge >= 0.3 is 12.1 Å². The Labute approximate surface area is 136 Å². The van der Waals surface area contributed by atoms with Crippen molar-refractivity contribution in [3.8, 4) is 0 Å². The minimum absolute atomic E-state index is 0.0422. The van der Waals surface area contributed by atoms with Gasteiger partial charge in [-0.05, 0) is 34.7 Å². The van der Waals surface area contributed by atoms with Crippen molar-refractivity contribution in [3.05, 3.63) is 11.3 Å². The van der Waals surface area contributed by atoms with E-state index >= 15 is 0 Å². The summed E-state index contributed by atoms with van der Waals surface area (Å²) in [6.45, 7) is 8.17. The van der Waals surface area contributed by atoms with E-state index in [-0.39, 0.29) is 30.0 Å². The first-order valence-electron chi connectivity index (χ1n) is 7.93. The van der Waals surface area contributed by atoms with Gasteiger partial charge in [-0.25, -0.2) is 9.59 Å². The fourth-order valence-electron chi connectivity index (χ4n) is 3.02. The summed E-state index contributed by atoms with van der Waals surface area (Å²) in [6, 6.07) is -0.423. The molecule has 2 heterocycles. The summed E-state index contributed by atoms with van der Waals surface area (Å²) in [5.74, 6) is -0.452. The monoisotopic (exact) mass is 326 g/mol. The van der Waals surface area contributed by atoms with Gasteiger partial charge in [0.1, 0.15) is 11.4 Å². The normalized spacial score (nSPS) is 25.3. The van der Waals surface area contributed by atoms with E-state index in [1.807, 2.05) is 32.7 Å². The van der Waals surface area contributed by atoms with Crippen molar-refractivity contribution >= 4 is 12.1 Å². The molecule has 7 heteroatoms. The van der Waals surface area contributed by atoms with Gasteiger partial charge in [0.05, 0.1) is 18.2 Å². The lowest BCUT2D eigenvalue weighted by atomic mass is 9.90. The number of fused-ring (bicyclic) bond motifs is 2. The molecule has 1 saturated heterocycles. The summed E-state index contributed by atoms with van der Waals surface area (Å²) in [7, 11) is 1.90. The molecule has 0 saturated carbocycles. The molecule has 2 aliphatic rings. The maximum atomic E-state index is 12.3. The van der Waals surface area contributed by atoms with Gasteiger partial charge in [-0.2, -0.15) is 0 Å². The Morgan fingerprint density at radius 1 is 1.30 bits per heavy atom. The third-order valence-corrected chi connectivity index (χ3v) is 4.11. The van der Waals surface area contributed by atoms with Crippen LogP contribution in [0.1, 0.15) is 34.1 Å². The summed E-state index contributed by atoms with van der Waals surface area (Å²) < 4.78 is 10.5. The lowest BCUT2D eigenvalue weighted by Gasteiger charge is -2.48. The molecule has 2 unspecified atom stereocenters. The first-order valence-corrected chi connectivity index (χ1v) is 7.93. The largest absolute Gasteiger partial charge is 0.512 e. The molecule has 7 nitrogen and oxygen atoms in total. The number of hydrogen-bond acceptors (Lipinski definition) is 6. The predicted octanol–water partition coefficient (Wildman–Crippen LogP) is 1.69. The van der Waals surface area contributed by atoms with Gasteiger partial charge in [0.15, 0.2) is 0 Å². The van der Waals surface area contributed by atoms with Gasteiger partial charge in [-0.3, -0.25) is 4.90 Å². The second-order valence-electron chi connectivity index (χ2n) is 7.01. The van der Waals surface area contributed by atoms with Crippen LogP contribution in [0.3, 0.4) is 0 Å². The SMILES string of the molecule is CCOC(=O)C1=C(O)CC2CN(C(=O)OC(C)(C)C)CC1N2C. The highest BCUT2D eigenvalue weighted by atomic mass is 16.6. The van der Waals surface area contributed by atoms with Gasteiger partial charge in [0.2, 0.25) is 0 Å². The van der Waals surface area contributed by atoms with Crippen LogP contribution < -0.4 is 0 Å². The van der Waals surface area contributed by atoms with Gasteiger partial charge in [0.25, 0.3) is 0 Å². The summed E-state index contributed by atoms with van der Waals surface area (Å²) in [4.78, 5) is 28.1. The van der Waals surface area contributed by atoms with Gasteiger partial charge in [-0.15, -0.1) is 0 Å². The van der Waals surface area contributed by atoms with Crippen LogP contribution >= 0.6 is 0 Å². The van der Waals surface area contributed by atoms with Crippen LogP contribution in [-0.2, 0) is 14.3 Å². The number of ether oxygens (including phenoxy) is 2. The molecule has 130 valence electrons. The highest BCUT2D eigenvalue weighted by molar-refractivity contribution is 5.91. The molecular weight excluding hydrogens is 300 g/mol. The van der Waals surface area contributed by atoms with Crippen LogP contribution in [-0.4, -0.2) is 71.4 Å². The molecule has 2 rings (SSSR count). The van der Waals surface area contributed by atoms with Crippen LogP contribution in [0.25, 0.3) is 0 Å². The number of amides is 1. The van der Waals surface area contributed by atoms with Crippen molar-refractivity contribution in [3.63, 3.8) is 0 Å². The predicted molar refractivity (Wildman–Crippen MR) is 84.1 cm³/mol. The number of likely N-dealkylation sites (N-methyl/N-ethyl adjacent to an activating group) is 1. The van der Waals surface area contributed by atoms with Crippen molar-refractivity contribution in [2.24, 2.45) is 0 Å². The smallest absolute Gasteiger partial charge is 0.410 e. The number of aliphatic hydroxyl groups excluding tert-OH is 1. The molecule has 0 spiro atoms. The van der Waals surface area contributed by atoms with Crippen molar-refractivity contribution in [2.45, 2.75) is 51.8 Å². The lowest BCUT2D eigenvalue weighted by Crippen LogP contribution is -2.62. The summed E-state index contributed by atoms with van der Waals surface area (Å²) in [6.07, 6.45) is -0.0781. The Balaban J connectivity index is 2.21. The van der Waals surface area contributed by atoms with Crippen LogP contribution in [0.2, 0.25) is 0 Å². The third-order valence-electron chi connectivity index (χ3n) is 4.11. The van der Waals surface area contributed by atoms with E-state index in [4.69, 9.17) is 9.47 Å². The Morgan fingerprint density at radius 2 is 1.96 bits per heavy atom. The molecule has 0 aliphatic carbocycles. The van der Waals surface area contributed by atoms with Crippen LogP contribution in [0.15, 0.2) is 11.3 Å². The van der Waals surface area contributed by atoms with E-state index in [1.165, 1.54) is 0 Å². The Kier molecular flexibility index (Phi) is 4.89. The van der Waals surface area contributed by atoms with Crippen LogP contribution in [0, 0.1) is 0 Å². The number of hydrogen-bond donors (Lipinski definition) is 1. The summed E-state index contributed by atoms with van der Waals surface area (Å²) >= 11 is 0. The molecule has 0 aromatic rings. The van der Waals surface area contributed by atoms with E-state index in [2.05, 4.69) is 0 Å². The van der Waals surface area contributed by atoms with Crippen molar-refractivity contribution in [1.82, 2.24) is 9.80 Å². The first kappa shape index (κ1) is 17.6. The molecule has 1 fully saturated rings. The van der Waals surface area contributed by atoms with Gasteiger partial charge in [-0.1, -0.05) is 0 Å². The standard InChI is InChI=1S/C16H26N2O5/c1-6-22-14(20)13-11-9-18(15(21)23-16(2,3)4)8-10(17(11)5)7-12(13)19/h10-11,19H,6-9H2,1-5H3. The minimum atomic E-state index is -0.572. The minimum Gasteiger partial charge on any atom is -0.512 e. The van der Waals surface area contributed by atoms with Crippen molar-refractivity contribution in [1.29, 1.82) is 0 Å². The average molecular weight is 326 g/mol. The van der Waals surface area contributed by atoms with Crippen molar-refractivity contribution in [2.75, 3.05) is 26.7 Å². The maximum Gasteiger partial charge on any atom is 0.410 e. The van der Waals surface area contributed by atoms with E-state index < -0.39 is 17.7 Å². The van der Waals surface area contributed by atoms with Crippen molar-refractivity contribution < 1.29 is 24.2 Å². The molecular formula is C16H26N2O5. The zero-order chi connectivity index (χ0) is 17.4. The zero-order valence-corrected chi connectivity index (χ0v) is 14.5. The molecule has 1 N–H and O–H groups in total. The van der Waals surface area contributed by atoms with Crippen LogP contribution in [0.5, 0.6) is 0 Å². The molecule has 2 bridgehead atoms. The highest BCUT2D eigenvalue weighted by Crippen LogP contribution is 2.32. The number of esters is 1. The van der Waals surface area contributed by atoms with Gasteiger partial charge < -0.3 is 19.5 Å². The maximum absolute atomic E-state index is 12.3. The van der Waals surface area contributed by atoms with E-state index in [0.29, 0.717) is 19.5 Å². The molecule has 2 atom stereocenters. The number of aliphatic hydroxyl groups is 1. The molecule has 0 aromatic heterocycles. The number of rotatable bonds is 2. The second kappa shape index (κ2) is 6.39. The number of carbonyl (C=O) groups is 2. The van der Waals surface area contributed by atoms with E-state index in [0.717, 1.165) is 0 Å². The number of carbonyl (C=O) groups excluding carboxylic acids is 2. The molecule has 1 amide bonds. The summed E-state index contributed by atoms with van der Waals surface area (Å²) in [5, 5.41) is 10.2. The Bertz CT molecular complexity index is 523. The lowest BCUT2D eigenvalue weighted by molar-refractivity contribution is -0.140.